The zero-order chi connectivity index (χ0) is 12.3. The minimum atomic E-state index is 0.573. The van der Waals surface area contributed by atoms with Gasteiger partial charge in [0.2, 0.25) is 4.77 Å². The highest BCUT2D eigenvalue weighted by atomic mass is 35.5. The number of H-pyrrole nitrogens is 1. The number of halogens is 1. The maximum Gasteiger partial charge on any atom is 0.214 e. The topological polar surface area (TPSA) is 45.6 Å². The van der Waals surface area contributed by atoms with Gasteiger partial charge < -0.3 is 5.43 Å². The van der Waals surface area contributed by atoms with Crippen LogP contribution in [0.1, 0.15) is 18.3 Å². The van der Waals surface area contributed by atoms with Crippen LogP contribution < -0.4 is 5.43 Å². The summed E-state index contributed by atoms with van der Waals surface area (Å²) < 4.78 is 2.36. The van der Waals surface area contributed by atoms with Gasteiger partial charge in [-0.25, -0.2) is 4.68 Å². The third-order valence-electron chi connectivity index (χ3n) is 2.39. The van der Waals surface area contributed by atoms with Crippen LogP contribution in [0.3, 0.4) is 0 Å². The second-order valence-electron chi connectivity index (χ2n) is 3.60. The normalized spacial score (nSPS) is 10.5. The zero-order valence-electron chi connectivity index (χ0n) is 9.40. The van der Waals surface area contributed by atoms with Crippen LogP contribution in [0.5, 0.6) is 0 Å². The van der Waals surface area contributed by atoms with Crippen LogP contribution in [0.15, 0.2) is 24.3 Å². The van der Waals surface area contributed by atoms with E-state index >= 15 is 0 Å². The Morgan fingerprint density at radius 2 is 2.35 bits per heavy atom. The molecule has 0 atom stereocenters. The van der Waals surface area contributed by atoms with Crippen molar-refractivity contribution in [3.63, 3.8) is 0 Å². The fourth-order valence-corrected chi connectivity index (χ4v) is 1.98. The van der Waals surface area contributed by atoms with Gasteiger partial charge in [-0.05, 0) is 29.9 Å². The molecule has 90 valence electrons. The van der Waals surface area contributed by atoms with Crippen molar-refractivity contribution in [2.75, 3.05) is 5.43 Å². The summed E-state index contributed by atoms with van der Waals surface area (Å²) >= 11 is 11.1. The first-order valence-corrected chi connectivity index (χ1v) is 6.14. The molecular weight excluding hydrogens is 256 g/mol. The molecule has 6 heteroatoms. The van der Waals surface area contributed by atoms with Gasteiger partial charge in [-0.3, -0.25) is 5.10 Å². The number of nitrogens with zero attached hydrogens (tertiary/aromatic N) is 2. The van der Waals surface area contributed by atoms with Gasteiger partial charge in [0.15, 0.2) is 5.82 Å². The van der Waals surface area contributed by atoms with Crippen LogP contribution in [0.2, 0.25) is 5.02 Å². The highest BCUT2D eigenvalue weighted by Gasteiger charge is 2.03. The lowest BCUT2D eigenvalue weighted by Crippen LogP contribution is -2.17. The Morgan fingerprint density at radius 1 is 1.53 bits per heavy atom. The number of nitrogens with one attached hydrogen (secondary N) is 2. The molecule has 0 aliphatic carbocycles. The van der Waals surface area contributed by atoms with Crippen LogP contribution in [-0.4, -0.2) is 14.9 Å². The lowest BCUT2D eigenvalue weighted by Gasteiger charge is -2.09. The van der Waals surface area contributed by atoms with Crippen LogP contribution in [0.4, 0.5) is 0 Å². The predicted molar refractivity (Wildman–Crippen MR) is 71.3 cm³/mol. The number of aryl methyl sites for hydroxylation is 1. The number of hydrogen-bond donors (Lipinski definition) is 2. The molecule has 2 aromatic rings. The SMILES string of the molecule is CCc1n[nH]c(=S)n1NCc1cccc(Cl)c1. The van der Waals surface area contributed by atoms with E-state index in [9.17, 15) is 0 Å². The molecule has 0 bridgehead atoms. The van der Waals surface area contributed by atoms with Crippen molar-refractivity contribution >= 4 is 23.8 Å². The molecule has 0 aliphatic heterocycles. The summed E-state index contributed by atoms with van der Waals surface area (Å²) in [5.41, 5.74) is 4.32. The van der Waals surface area contributed by atoms with Crippen molar-refractivity contribution in [3.8, 4) is 0 Å². The number of benzene rings is 1. The molecule has 0 saturated carbocycles. The van der Waals surface area contributed by atoms with Gasteiger partial charge in [0.05, 0.1) is 6.54 Å². The van der Waals surface area contributed by atoms with Gasteiger partial charge in [0, 0.05) is 11.4 Å². The minimum absolute atomic E-state index is 0.573. The molecule has 2 N–H and O–H groups in total. The Balaban J connectivity index is 2.12. The van der Waals surface area contributed by atoms with Crippen molar-refractivity contribution < 1.29 is 0 Å². The number of aromatic amines is 1. The summed E-state index contributed by atoms with van der Waals surface area (Å²) in [4.78, 5) is 0. The molecule has 0 spiro atoms. The third-order valence-corrected chi connectivity index (χ3v) is 2.90. The van der Waals surface area contributed by atoms with E-state index in [1.54, 1.807) is 4.68 Å². The second-order valence-corrected chi connectivity index (χ2v) is 4.42. The van der Waals surface area contributed by atoms with Gasteiger partial charge >= 0.3 is 0 Å². The smallest absolute Gasteiger partial charge is 0.214 e. The van der Waals surface area contributed by atoms with Crippen molar-refractivity contribution in [2.24, 2.45) is 0 Å². The minimum Gasteiger partial charge on any atom is -0.318 e. The van der Waals surface area contributed by atoms with E-state index in [0.29, 0.717) is 11.3 Å². The van der Waals surface area contributed by atoms with Gasteiger partial charge in [-0.2, -0.15) is 5.10 Å². The maximum atomic E-state index is 5.92. The maximum absolute atomic E-state index is 5.92. The standard InChI is InChI=1S/C11H13ClN4S/c1-2-10-14-15-11(17)16(10)13-7-8-4-3-5-9(12)6-8/h3-6,13H,2,7H2,1H3,(H,15,17). The van der Waals surface area contributed by atoms with E-state index in [2.05, 4.69) is 15.6 Å². The van der Waals surface area contributed by atoms with E-state index in [-0.39, 0.29) is 0 Å². The summed E-state index contributed by atoms with van der Waals surface area (Å²) in [6, 6.07) is 7.71. The third kappa shape index (κ3) is 2.87. The number of hydrogen-bond acceptors (Lipinski definition) is 3. The molecule has 1 aromatic carbocycles. The Morgan fingerprint density at radius 3 is 3.06 bits per heavy atom. The molecule has 1 aromatic heterocycles. The number of aromatic nitrogens is 3. The Hall–Kier alpha value is -1.33. The first kappa shape index (κ1) is 12.1. The van der Waals surface area contributed by atoms with E-state index in [4.69, 9.17) is 23.8 Å². The van der Waals surface area contributed by atoms with Crippen molar-refractivity contribution in [2.45, 2.75) is 19.9 Å². The summed E-state index contributed by atoms with van der Waals surface area (Å²) in [5, 5.41) is 7.62. The molecule has 1 heterocycles. The van der Waals surface area contributed by atoms with Crippen molar-refractivity contribution in [1.29, 1.82) is 0 Å². The lowest BCUT2D eigenvalue weighted by molar-refractivity contribution is 0.763. The second kappa shape index (κ2) is 5.33. The molecule has 0 aliphatic rings. The van der Waals surface area contributed by atoms with E-state index in [1.165, 1.54) is 0 Å². The first-order chi connectivity index (χ1) is 8.20. The highest BCUT2D eigenvalue weighted by Crippen LogP contribution is 2.10. The summed E-state index contributed by atoms with van der Waals surface area (Å²) in [5.74, 6) is 0.886. The molecular formula is C11H13ClN4S. The molecule has 0 saturated heterocycles. The molecule has 0 radical (unpaired) electrons. The summed E-state index contributed by atoms with van der Waals surface area (Å²) in [7, 11) is 0. The molecule has 0 unspecified atom stereocenters. The van der Waals surface area contributed by atoms with Gasteiger partial charge in [0.1, 0.15) is 0 Å². The van der Waals surface area contributed by atoms with E-state index < -0.39 is 0 Å². The van der Waals surface area contributed by atoms with Crippen LogP contribution >= 0.6 is 23.8 Å². The lowest BCUT2D eigenvalue weighted by atomic mass is 10.2. The van der Waals surface area contributed by atoms with Crippen LogP contribution in [0, 0.1) is 4.77 Å². The largest absolute Gasteiger partial charge is 0.318 e. The average Bonchev–Trinajstić information content (AvgIpc) is 2.67. The molecule has 4 nitrogen and oxygen atoms in total. The predicted octanol–water partition coefficient (Wildman–Crippen LogP) is 2.90. The first-order valence-electron chi connectivity index (χ1n) is 5.35. The van der Waals surface area contributed by atoms with Gasteiger partial charge in [-0.15, -0.1) is 0 Å². The van der Waals surface area contributed by atoms with Gasteiger partial charge in [0.25, 0.3) is 0 Å². The van der Waals surface area contributed by atoms with E-state index in [1.807, 2.05) is 31.2 Å². The quantitative estimate of drug-likeness (QED) is 0.838. The zero-order valence-corrected chi connectivity index (χ0v) is 11.0. The monoisotopic (exact) mass is 268 g/mol. The molecule has 17 heavy (non-hydrogen) atoms. The summed E-state index contributed by atoms with van der Waals surface area (Å²) in [6.45, 7) is 2.68. The highest BCUT2D eigenvalue weighted by molar-refractivity contribution is 7.71. The van der Waals surface area contributed by atoms with E-state index in [0.717, 1.165) is 22.8 Å². The summed E-state index contributed by atoms with van der Waals surface area (Å²) in [6.07, 6.45) is 0.815. The number of rotatable bonds is 4. The van der Waals surface area contributed by atoms with Crippen molar-refractivity contribution in [3.05, 3.63) is 45.4 Å². The van der Waals surface area contributed by atoms with Crippen molar-refractivity contribution in [1.82, 2.24) is 14.9 Å². The Labute approximate surface area is 110 Å². The molecule has 2 rings (SSSR count). The average molecular weight is 269 g/mol. The molecule has 0 amide bonds. The van der Waals surface area contributed by atoms with Gasteiger partial charge in [-0.1, -0.05) is 30.7 Å². The fourth-order valence-electron chi connectivity index (χ4n) is 1.55. The fraction of sp³-hybridized carbons (Fsp3) is 0.273. The Bertz CT molecular complexity index is 561. The molecule has 0 fully saturated rings. The Kier molecular flexibility index (Phi) is 3.81. The van der Waals surface area contributed by atoms with Crippen LogP contribution in [0.25, 0.3) is 0 Å². The van der Waals surface area contributed by atoms with Crippen LogP contribution in [-0.2, 0) is 13.0 Å².